The Labute approximate surface area is 139 Å². The highest BCUT2D eigenvalue weighted by molar-refractivity contribution is 5.91. The Morgan fingerprint density at radius 3 is 2.71 bits per heavy atom. The van der Waals surface area contributed by atoms with Gasteiger partial charge in [0.2, 0.25) is 5.91 Å². The van der Waals surface area contributed by atoms with Crippen LogP contribution in [-0.2, 0) is 4.79 Å². The third-order valence-corrected chi connectivity index (χ3v) is 3.48. The van der Waals surface area contributed by atoms with Crippen LogP contribution in [0.1, 0.15) is 18.5 Å². The molecule has 2 N–H and O–H groups in total. The summed E-state index contributed by atoms with van der Waals surface area (Å²) in [6, 6.07) is 7.94. The molecule has 0 aliphatic carbocycles. The second-order valence-electron chi connectivity index (χ2n) is 5.17. The van der Waals surface area contributed by atoms with Gasteiger partial charge in [0.05, 0.1) is 18.4 Å². The van der Waals surface area contributed by atoms with E-state index in [1.165, 1.54) is 18.7 Å². The minimum absolute atomic E-state index is 0.0300. The van der Waals surface area contributed by atoms with Crippen LogP contribution in [0.25, 0.3) is 5.69 Å². The van der Waals surface area contributed by atoms with E-state index in [0.717, 1.165) is 11.3 Å². The molecule has 0 spiro atoms. The van der Waals surface area contributed by atoms with Gasteiger partial charge in [-0.3, -0.25) is 9.78 Å². The van der Waals surface area contributed by atoms with Gasteiger partial charge in [0, 0.05) is 18.4 Å². The highest BCUT2D eigenvalue weighted by Gasteiger charge is 2.09. The fourth-order valence-electron chi connectivity index (χ4n) is 2.17. The number of nitrogens with one attached hydrogen (secondary N) is 2. The lowest BCUT2D eigenvalue weighted by molar-refractivity contribution is -0.115. The maximum atomic E-state index is 11.9. The fraction of sp³-hybridized carbons (Fsp3) is 0.188. The monoisotopic (exact) mass is 323 g/mol. The molecule has 1 amide bonds. The van der Waals surface area contributed by atoms with Crippen LogP contribution in [0, 0.1) is 0 Å². The Kier molecular flexibility index (Phi) is 4.87. The minimum atomic E-state index is -0.165. The zero-order valence-electron chi connectivity index (χ0n) is 13.1. The molecule has 0 radical (unpaired) electrons. The first-order chi connectivity index (χ1) is 11.7. The first-order valence-electron chi connectivity index (χ1n) is 7.46. The molecule has 2 aromatic heterocycles. The summed E-state index contributed by atoms with van der Waals surface area (Å²) in [6.07, 6.45) is 7.73. The molecule has 1 atom stereocenters. The summed E-state index contributed by atoms with van der Waals surface area (Å²) in [5.74, 6) is 0.274. The van der Waals surface area contributed by atoms with E-state index in [-0.39, 0.29) is 18.5 Å². The Hall–Kier alpha value is -3.13. The van der Waals surface area contributed by atoms with Crippen LogP contribution in [0.5, 0.6) is 0 Å². The number of carbonyl (C=O) groups excluding carboxylic acids is 1. The summed E-state index contributed by atoms with van der Waals surface area (Å²) >= 11 is 0. The van der Waals surface area contributed by atoms with Crippen molar-refractivity contribution in [3.8, 4) is 5.69 Å². The van der Waals surface area contributed by atoms with Gasteiger partial charge in [0.1, 0.15) is 12.7 Å². The Bertz CT molecular complexity index is 772. The van der Waals surface area contributed by atoms with Crippen molar-refractivity contribution in [1.82, 2.24) is 30.0 Å². The standard InChI is InChI=1S/C16H17N7O/c1-12(20-9-16(24)22-15-8-17-6-7-19-15)13-2-4-14(5-3-13)23-11-18-10-21-23/h2-8,10-12,20H,9H2,1H3,(H,19,22,24). The average molecular weight is 323 g/mol. The third-order valence-electron chi connectivity index (χ3n) is 3.48. The van der Waals surface area contributed by atoms with Gasteiger partial charge in [-0.2, -0.15) is 5.10 Å². The molecule has 0 fully saturated rings. The lowest BCUT2D eigenvalue weighted by Gasteiger charge is -2.14. The van der Waals surface area contributed by atoms with E-state index in [2.05, 4.69) is 30.7 Å². The van der Waals surface area contributed by atoms with E-state index in [1.54, 1.807) is 17.2 Å². The van der Waals surface area contributed by atoms with E-state index in [0.29, 0.717) is 5.82 Å². The maximum Gasteiger partial charge on any atom is 0.239 e. The van der Waals surface area contributed by atoms with Gasteiger partial charge in [-0.25, -0.2) is 14.6 Å². The van der Waals surface area contributed by atoms with Crippen LogP contribution in [0.2, 0.25) is 0 Å². The van der Waals surface area contributed by atoms with Crippen molar-refractivity contribution in [1.29, 1.82) is 0 Å². The van der Waals surface area contributed by atoms with Gasteiger partial charge in [-0.05, 0) is 24.6 Å². The molecule has 1 aromatic carbocycles. The SMILES string of the molecule is CC(NCC(=O)Nc1cnccn1)c1ccc(-n2cncn2)cc1. The molecule has 122 valence electrons. The van der Waals surface area contributed by atoms with Gasteiger partial charge in [-0.15, -0.1) is 0 Å². The summed E-state index contributed by atoms with van der Waals surface area (Å²) in [6.45, 7) is 2.18. The molecule has 1 unspecified atom stereocenters. The number of anilines is 1. The van der Waals surface area contributed by atoms with Crippen molar-refractivity contribution in [2.75, 3.05) is 11.9 Å². The van der Waals surface area contributed by atoms with Gasteiger partial charge in [0.25, 0.3) is 0 Å². The predicted molar refractivity (Wildman–Crippen MR) is 88.4 cm³/mol. The number of benzene rings is 1. The van der Waals surface area contributed by atoms with E-state index in [1.807, 2.05) is 31.2 Å². The molecule has 0 saturated carbocycles. The van der Waals surface area contributed by atoms with Crippen molar-refractivity contribution in [2.45, 2.75) is 13.0 Å². The quantitative estimate of drug-likeness (QED) is 0.710. The number of hydrogen-bond acceptors (Lipinski definition) is 6. The highest BCUT2D eigenvalue weighted by Crippen LogP contribution is 2.14. The number of aromatic nitrogens is 5. The van der Waals surface area contributed by atoms with E-state index in [9.17, 15) is 4.79 Å². The molecule has 0 saturated heterocycles. The third kappa shape index (κ3) is 3.99. The highest BCUT2D eigenvalue weighted by atomic mass is 16.2. The van der Waals surface area contributed by atoms with Gasteiger partial charge in [0.15, 0.2) is 5.82 Å². The molecule has 24 heavy (non-hydrogen) atoms. The first-order valence-corrected chi connectivity index (χ1v) is 7.46. The summed E-state index contributed by atoms with van der Waals surface area (Å²) in [7, 11) is 0. The molecule has 8 nitrogen and oxygen atoms in total. The van der Waals surface area contributed by atoms with E-state index < -0.39 is 0 Å². The summed E-state index contributed by atoms with van der Waals surface area (Å²) in [5.41, 5.74) is 2.01. The topological polar surface area (TPSA) is 97.6 Å². The maximum absolute atomic E-state index is 11.9. The van der Waals surface area contributed by atoms with Crippen LogP contribution < -0.4 is 10.6 Å². The predicted octanol–water partition coefficient (Wildman–Crippen LogP) is 1.35. The van der Waals surface area contributed by atoms with Crippen molar-refractivity contribution >= 4 is 11.7 Å². The molecular formula is C16H17N7O. The molecule has 2 heterocycles. The fourth-order valence-corrected chi connectivity index (χ4v) is 2.17. The largest absolute Gasteiger partial charge is 0.308 e. The lowest BCUT2D eigenvalue weighted by Crippen LogP contribution is -2.30. The zero-order chi connectivity index (χ0) is 16.8. The molecule has 3 aromatic rings. The molecular weight excluding hydrogens is 306 g/mol. The molecule has 8 heteroatoms. The smallest absolute Gasteiger partial charge is 0.239 e. The molecule has 3 rings (SSSR count). The Morgan fingerprint density at radius 2 is 2.04 bits per heavy atom. The Balaban J connectivity index is 1.53. The van der Waals surface area contributed by atoms with Crippen LogP contribution in [0.15, 0.2) is 55.5 Å². The minimum Gasteiger partial charge on any atom is -0.308 e. The first kappa shape index (κ1) is 15.8. The average Bonchev–Trinajstić information content (AvgIpc) is 3.15. The van der Waals surface area contributed by atoms with Crippen molar-refractivity contribution < 1.29 is 4.79 Å². The van der Waals surface area contributed by atoms with Crippen LogP contribution in [0.4, 0.5) is 5.82 Å². The van der Waals surface area contributed by atoms with Gasteiger partial charge >= 0.3 is 0 Å². The molecule has 0 bridgehead atoms. The number of carbonyl (C=O) groups is 1. The summed E-state index contributed by atoms with van der Waals surface area (Å²) in [4.78, 5) is 23.7. The summed E-state index contributed by atoms with van der Waals surface area (Å²) in [5, 5.41) is 9.95. The molecule has 0 aliphatic heterocycles. The van der Waals surface area contributed by atoms with E-state index >= 15 is 0 Å². The lowest BCUT2D eigenvalue weighted by atomic mass is 10.1. The van der Waals surface area contributed by atoms with Crippen LogP contribution in [0.3, 0.4) is 0 Å². The van der Waals surface area contributed by atoms with Crippen molar-refractivity contribution in [3.63, 3.8) is 0 Å². The van der Waals surface area contributed by atoms with Crippen LogP contribution >= 0.6 is 0 Å². The number of rotatable bonds is 6. The van der Waals surface area contributed by atoms with Gasteiger partial charge in [-0.1, -0.05) is 12.1 Å². The second kappa shape index (κ2) is 7.42. The number of nitrogens with zero attached hydrogens (tertiary/aromatic N) is 5. The zero-order valence-corrected chi connectivity index (χ0v) is 13.1. The van der Waals surface area contributed by atoms with Crippen molar-refractivity contribution in [2.24, 2.45) is 0 Å². The van der Waals surface area contributed by atoms with Crippen molar-refractivity contribution in [3.05, 3.63) is 61.1 Å². The van der Waals surface area contributed by atoms with Crippen LogP contribution in [-0.4, -0.2) is 37.2 Å². The Morgan fingerprint density at radius 1 is 1.21 bits per heavy atom. The summed E-state index contributed by atoms with van der Waals surface area (Å²) < 4.78 is 1.69. The number of amides is 1. The normalized spacial score (nSPS) is 11.9. The molecule has 0 aliphatic rings. The van der Waals surface area contributed by atoms with E-state index in [4.69, 9.17) is 0 Å². The van der Waals surface area contributed by atoms with Gasteiger partial charge < -0.3 is 10.6 Å². The number of hydrogen-bond donors (Lipinski definition) is 2. The second-order valence-corrected chi connectivity index (χ2v) is 5.17.